The molecule has 65 valence electrons. The molecular weight excluding hydrogens is 210 g/mol. The van der Waals surface area contributed by atoms with Crippen molar-refractivity contribution in [2.75, 3.05) is 5.88 Å². The van der Waals surface area contributed by atoms with Crippen LogP contribution >= 0.6 is 34.8 Å². The lowest BCUT2D eigenvalue weighted by Crippen LogP contribution is -2.24. The van der Waals surface area contributed by atoms with Crippen molar-refractivity contribution >= 4 is 40.8 Å². The molecule has 0 aromatic carbocycles. The molecule has 2 nitrogen and oxygen atoms in total. The van der Waals surface area contributed by atoms with Crippen molar-refractivity contribution in [1.82, 2.24) is 0 Å². The minimum atomic E-state index is -1.61. The highest BCUT2D eigenvalue weighted by Crippen LogP contribution is 2.24. The predicted octanol–water partition coefficient (Wildman–Crippen LogP) is 2.51. The van der Waals surface area contributed by atoms with Gasteiger partial charge in [0.1, 0.15) is 0 Å². The molecule has 0 aliphatic carbocycles. The van der Waals surface area contributed by atoms with Gasteiger partial charge < -0.3 is 4.74 Å². The monoisotopic (exact) mass is 217 g/mol. The van der Waals surface area contributed by atoms with Crippen molar-refractivity contribution in [3.63, 3.8) is 0 Å². The summed E-state index contributed by atoms with van der Waals surface area (Å²) in [5, 5.41) is 0. The standard InChI is InChI=1S/C6H8Cl3O2/c1-2-3-5(10)11-6(8,9)4-7/h3H,2,4H2,1H3. The zero-order valence-electron chi connectivity index (χ0n) is 5.94. The number of alkyl halides is 3. The molecule has 0 heterocycles. The number of esters is 1. The van der Waals surface area contributed by atoms with E-state index in [1.165, 1.54) is 6.42 Å². The molecule has 0 aromatic rings. The van der Waals surface area contributed by atoms with Crippen molar-refractivity contribution in [2.45, 2.75) is 17.9 Å². The van der Waals surface area contributed by atoms with E-state index in [4.69, 9.17) is 34.8 Å². The van der Waals surface area contributed by atoms with Gasteiger partial charge in [-0.25, -0.2) is 0 Å². The Morgan fingerprint density at radius 2 is 2.18 bits per heavy atom. The van der Waals surface area contributed by atoms with Gasteiger partial charge in [0.2, 0.25) is 0 Å². The van der Waals surface area contributed by atoms with Gasteiger partial charge >= 0.3 is 5.97 Å². The molecule has 0 aliphatic heterocycles. The van der Waals surface area contributed by atoms with E-state index >= 15 is 0 Å². The number of ether oxygens (including phenoxy) is 1. The van der Waals surface area contributed by atoms with Crippen LogP contribution in [0.3, 0.4) is 0 Å². The lowest BCUT2D eigenvalue weighted by atomic mass is 10.3. The summed E-state index contributed by atoms with van der Waals surface area (Å²) in [5.41, 5.74) is 0. The zero-order chi connectivity index (χ0) is 8.91. The largest absolute Gasteiger partial charge is 0.427 e. The van der Waals surface area contributed by atoms with E-state index < -0.39 is 10.5 Å². The van der Waals surface area contributed by atoms with Crippen LogP contribution in [-0.4, -0.2) is 16.4 Å². The van der Waals surface area contributed by atoms with E-state index in [0.29, 0.717) is 6.42 Å². The number of carbonyl (C=O) groups excluding carboxylic acids is 1. The second kappa shape index (κ2) is 5.07. The van der Waals surface area contributed by atoms with E-state index in [1.54, 1.807) is 6.92 Å². The van der Waals surface area contributed by atoms with E-state index in [2.05, 4.69) is 4.74 Å². The minimum Gasteiger partial charge on any atom is -0.427 e. The molecule has 0 amide bonds. The maximum absolute atomic E-state index is 10.7. The fourth-order valence-corrected chi connectivity index (χ4v) is 0.589. The van der Waals surface area contributed by atoms with Gasteiger partial charge in [-0.3, -0.25) is 4.79 Å². The molecule has 0 spiro atoms. The van der Waals surface area contributed by atoms with Gasteiger partial charge in [0.25, 0.3) is 4.52 Å². The Hall–Kier alpha value is 0.340. The minimum absolute atomic E-state index is 0.153. The van der Waals surface area contributed by atoms with Crippen molar-refractivity contribution in [3.8, 4) is 0 Å². The number of hydrogen-bond donors (Lipinski definition) is 0. The second-order valence-electron chi connectivity index (χ2n) is 1.80. The lowest BCUT2D eigenvalue weighted by molar-refractivity contribution is -0.142. The summed E-state index contributed by atoms with van der Waals surface area (Å²) in [7, 11) is 0. The molecule has 0 saturated carbocycles. The van der Waals surface area contributed by atoms with Crippen LogP contribution in [-0.2, 0) is 9.53 Å². The Morgan fingerprint density at radius 1 is 1.64 bits per heavy atom. The van der Waals surface area contributed by atoms with Crippen LogP contribution in [0.25, 0.3) is 0 Å². The SMILES string of the molecule is CC[CH]C(=O)OC(Cl)(Cl)CCl. The van der Waals surface area contributed by atoms with Gasteiger partial charge in [-0.1, -0.05) is 30.1 Å². The van der Waals surface area contributed by atoms with Crippen molar-refractivity contribution < 1.29 is 9.53 Å². The first-order valence-corrected chi connectivity index (χ1v) is 4.31. The Balaban J connectivity index is 3.74. The number of halogens is 3. The first-order chi connectivity index (χ1) is 5.02. The second-order valence-corrected chi connectivity index (χ2v) is 3.49. The number of carbonyl (C=O) groups is 1. The van der Waals surface area contributed by atoms with Gasteiger partial charge in [-0.05, 0) is 6.42 Å². The molecule has 0 fully saturated rings. The highest BCUT2D eigenvalue weighted by atomic mass is 35.5. The van der Waals surface area contributed by atoms with Gasteiger partial charge in [0.15, 0.2) is 0 Å². The zero-order valence-corrected chi connectivity index (χ0v) is 8.21. The molecule has 0 saturated heterocycles. The predicted molar refractivity (Wildman–Crippen MR) is 45.8 cm³/mol. The smallest absolute Gasteiger partial charge is 0.312 e. The Kier molecular flexibility index (Phi) is 5.23. The third kappa shape index (κ3) is 5.59. The van der Waals surface area contributed by atoms with Gasteiger partial charge in [0, 0.05) is 0 Å². The summed E-state index contributed by atoms with van der Waals surface area (Å²) >= 11 is 16.1. The molecular formula is C6H8Cl3O2. The highest BCUT2D eigenvalue weighted by Gasteiger charge is 2.27. The third-order valence-corrected chi connectivity index (χ3v) is 1.85. The van der Waals surface area contributed by atoms with Crippen LogP contribution in [0.2, 0.25) is 0 Å². The molecule has 0 N–H and O–H groups in total. The summed E-state index contributed by atoms with van der Waals surface area (Å²) in [5.74, 6) is -0.711. The average Bonchev–Trinajstić information content (AvgIpc) is 1.87. The summed E-state index contributed by atoms with van der Waals surface area (Å²) in [6.45, 7) is 1.80. The number of rotatable bonds is 4. The quantitative estimate of drug-likeness (QED) is 0.535. The van der Waals surface area contributed by atoms with Crippen molar-refractivity contribution in [1.29, 1.82) is 0 Å². The summed E-state index contributed by atoms with van der Waals surface area (Å²) in [6.07, 6.45) is 1.90. The normalized spacial score (nSPS) is 11.3. The van der Waals surface area contributed by atoms with Crippen LogP contribution in [0, 0.1) is 6.42 Å². The first kappa shape index (κ1) is 11.3. The van der Waals surface area contributed by atoms with Crippen LogP contribution in [0.1, 0.15) is 13.3 Å². The van der Waals surface area contributed by atoms with Crippen molar-refractivity contribution in [3.05, 3.63) is 6.42 Å². The molecule has 1 radical (unpaired) electrons. The van der Waals surface area contributed by atoms with E-state index in [9.17, 15) is 4.79 Å². The molecule has 0 bridgehead atoms. The topological polar surface area (TPSA) is 26.3 Å². The summed E-state index contributed by atoms with van der Waals surface area (Å²) in [4.78, 5) is 10.7. The van der Waals surface area contributed by atoms with Gasteiger partial charge in [0.05, 0.1) is 12.3 Å². The molecule has 0 aromatic heterocycles. The Bertz CT molecular complexity index is 136. The Morgan fingerprint density at radius 3 is 2.55 bits per heavy atom. The fraction of sp³-hybridized carbons (Fsp3) is 0.667. The maximum atomic E-state index is 10.7. The van der Waals surface area contributed by atoms with E-state index in [1.807, 2.05) is 0 Å². The molecule has 0 aliphatic rings. The van der Waals surface area contributed by atoms with Crippen LogP contribution in [0.4, 0.5) is 0 Å². The van der Waals surface area contributed by atoms with Crippen LogP contribution in [0.15, 0.2) is 0 Å². The summed E-state index contributed by atoms with van der Waals surface area (Å²) < 4.78 is 2.93. The van der Waals surface area contributed by atoms with Crippen LogP contribution in [0.5, 0.6) is 0 Å². The van der Waals surface area contributed by atoms with Crippen LogP contribution < -0.4 is 0 Å². The highest BCUT2D eigenvalue weighted by molar-refractivity contribution is 6.50. The van der Waals surface area contributed by atoms with E-state index in [0.717, 1.165) is 0 Å². The van der Waals surface area contributed by atoms with E-state index in [-0.39, 0.29) is 5.88 Å². The maximum Gasteiger partial charge on any atom is 0.312 e. The third-order valence-electron chi connectivity index (χ3n) is 0.776. The molecule has 0 atom stereocenters. The molecule has 5 heteroatoms. The van der Waals surface area contributed by atoms with Gasteiger partial charge in [-0.2, -0.15) is 0 Å². The Labute approximate surface area is 80.7 Å². The molecule has 11 heavy (non-hydrogen) atoms. The average molecular weight is 218 g/mol. The number of hydrogen-bond acceptors (Lipinski definition) is 2. The fourth-order valence-electron chi connectivity index (χ4n) is 0.383. The van der Waals surface area contributed by atoms with Gasteiger partial charge in [-0.15, -0.1) is 11.6 Å². The molecule has 0 rings (SSSR count). The first-order valence-electron chi connectivity index (χ1n) is 3.02. The lowest BCUT2D eigenvalue weighted by Gasteiger charge is -2.15. The van der Waals surface area contributed by atoms with Crippen molar-refractivity contribution in [2.24, 2.45) is 0 Å². The summed E-state index contributed by atoms with van der Waals surface area (Å²) in [6, 6.07) is 0. The molecule has 0 unspecified atom stereocenters.